The van der Waals surface area contributed by atoms with E-state index in [1.54, 1.807) is 23.5 Å². The van der Waals surface area contributed by atoms with Crippen molar-refractivity contribution in [1.29, 1.82) is 0 Å². The van der Waals surface area contributed by atoms with Crippen LogP contribution in [0.5, 0.6) is 5.75 Å². The molecule has 2 heterocycles. The van der Waals surface area contributed by atoms with E-state index in [0.29, 0.717) is 43.5 Å². The summed E-state index contributed by atoms with van der Waals surface area (Å²) in [5, 5.41) is 0. The van der Waals surface area contributed by atoms with Crippen LogP contribution in [0.15, 0.2) is 57.8 Å². The number of methoxy groups -OCH3 is 1. The first kappa shape index (κ1) is 21.5. The zero-order chi connectivity index (χ0) is 22.0. The molecule has 31 heavy (non-hydrogen) atoms. The summed E-state index contributed by atoms with van der Waals surface area (Å²) in [6, 6.07) is 14.7. The molecule has 164 valence electrons. The molecule has 1 aromatic heterocycles. The number of aryl methyl sites for hydroxylation is 2. The summed E-state index contributed by atoms with van der Waals surface area (Å²) in [5.74, 6) is 2.14. The molecule has 3 aromatic rings. The molecule has 0 bridgehead atoms. The number of hydrogen-bond acceptors (Lipinski definition) is 6. The summed E-state index contributed by atoms with van der Waals surface area (Å²) < 4.78 is 38.7. The molecule has 0 saturated carbocycles. The maximum Gasteiger partial charge on any atom is 0.243 e. The minimum absolute atomic E-state index is 0.389. The molecule has 0 radical (unpaired) electrons. The molecule has 1 aliphatic rings. The lowest BCUT2D eigenvalue weighted by atomic mass is 10.2. The Hall–Kier alpha value is -2.68. The first-order chi connectivity index (χ1) is 14.9. The fourth-order valence-electron chi connectivity index (χ4n) is 3.76. The normalized spacial score (nSPS) is 15.8. The minimum atomic E-state index is -3.47. The zero-order valence-corrected chi connectivity index (χ0v) is 18.9. The third kappa shape index (κ3) is 4.51. The highest BCUT2D eigenvalue weighted by Gasteiger charge is 2.30. The predicted octanol–water partition coefficient (Wildman–Crippen LogP) is 3.47. The summed E-state index contributed by atoms with van der Waals surface area (Å²) in [6.07, 6.45) is 0. The Morgan fingerprint density at radius 2 is 1.68 bits per heavy atom. The van der Waals surface area contributed by atoms with Crippen LogP contribution in [0.4, 0.5) is 0 Å². The Morgan fingerprint density at radius 1 is 1.00 bits per heavy atom. The number of ether oxygens (including phenoxy) is 1. The average molecular weight is 442 g/mol. The van der Waals surface area contributed by atoms with Crippen LogP contribution in [0.2, 0.25) is 0 Å². The van der Waals surface area contributed by atoms with Crippen molar-refractivity contribution >= 4 is 10.0 Å². The van der Waals surface area contributed by atoms with E-state index in [1.165, 1.54) is 0 Å². The van der Waals surface area contributed by atoms with Gasteiger partial charge in [0.1, 0.15) is 11.5 Å². The Balaban J connectivity index is 1.41. The van der Waals surface area contributed by atoms with E-state index in [0.717, 1.165) is 28.3 Å². The van der Waals surface area contributed by atoms with Crippen molar-refractivity contribution in [2.45, 2.75) is 25.3 Å². The quantitative estimate of drug-likeness (QED) is 0.583. The minimum Gasteiger partial charge on any atom is -0.497 e. The molecule has 4 rings (SSSR count). The monoisotopic (exact) mass is 441 g/mol. The van der Waals surface area contributed by atoms with Gasteiger partial charge < -0.3 is 9.15 Å². The van der Waals surface area contributed by atoms with Crippen molar-refractivity contribution < 1.29 is 17.6 Å². The van der Waals surface area contributed by atoms with Crippen molar-refractivity contribution in [3.05, 3.63) is 65.5 Å². The standard InChI is InChI=1S/C23H27N3O4S/c1-17-6-4-5-7-22(17)31(27,28)26-14-12-25(13-15-26)16-21-18(2)30-23(24-21)19-8-10-20(29-3)11-9-19/h4-11H,12-16H2,1-3H3. The summed E-state index contributed by atoms with van der Waals surface area (Å²) in [5.41, 5.74) is 2.54. The number of sulfonamides is 1. The molecule has 0 aliphatic carbocycles. The van der Waals surface area contributed by atoms with Gasteiger partial charge >= 0.3 is 0 Å². The third-order valence-corrected chi connectivity index (χ3v) is 7.70. The van der Waals surface area contributed by atoms with Gasteiger partial charge in [-0.1, -0.05) is 18.2 Å². The molecular weight excluding hydrogens is 414 g/mol. The van der Waals surface area contributed by atoms with E-state index in [4.69, 9.17) is 9.15 Å². The molecular formula is C23H27N3O4S. The first-order valence-corrected chi connectivity index (χ1v) is 11.7. The zero-order valence-electron chi connectivity index (χ0n) is 18.0. The molecule has 0 spiro atoms. The van der Waals surface area contributed by atoms with Gasteiger partial charge in [0.2, 0.25) is 15.9 Å². The Labute approximate surface area is 183 Å². The van der Waals surface area contributed by atoms with Crippen molar-refractivity contribution in [1.82, 2.24) is 14.2 Å². The number of nitrogens with zero attached hydrogens (tertiary/aromatic N) is 3. The second kappa shape index (κ2) is 8.82. The molecule has 7 nitrogen and oxygen atoms in total. The van der Waals surface area contributed by atoms with Crippen LogP contribution in [-0.4, -0.2) is 55.9 Å². The van der Waals surface area contributed by atoms with Gasteiger partial charge in [-0.05, 0) is 49.7 Å². The van der Waals surface area contributed by atoms with Gasteiger partial charge in [-0.15, -0.1) is 0 Å². The van der Waals surface area contributed by atoms with E-state index < -0.39 is 10.0 Å². The van der Waals surface area contributed by atoms with Crippen LogP contribution in [0, 0.1) is 13.8 Å². The highest BCUT2D eigenvalue weighted by Crippen LogP contribution is 2.26. The average Bonchev–Trinajstić information content (AvgIpc) is 3.14. The number of rotatable bonds is 6. The number of benzene rings is 2. The predicted molar refractivity (Wildman–Crippen MR) is 118 cm³/mol. The van der Waals surface area contributed by atoms with Gasteiger partial charge in [-0.3, -0.25) is 4.90 Å². The van der Waals surface area contributed by atoms with Gasteiger partial charge in [0, 0.05) is 38.3 Å². The Kier molecular flexibility index (Phi) is 6.13. The van der Waals surface area contributed by atoms with E-state index >= 15 is 0 Å². The van der Waals surface area contributed by atoms with Crippen LogP contribution < -0.4 is 4.74 Å². The van der Waals surface area contributed by atoms with Crippen molar-refractivity contribution in [2.75, 3.05) is 33.3 Å². The van der Waals surface area contributed by atoms with Gasteiger partial charge in [-0.2, -0.15) is 4.31 Å². The van der Waals surface area contributed by atoms with Crippen LogP contribution in [-0.2, 0) is 16.6 Å². The SMILES string of the molecule is COc1ccc(-c2nc(CN3CCN(S(=O)(=O)c4ccccc4C)CC3)c(C)o2)cc1. The van der Waals surface area contributed by atoms with E-state index in [2.05, 4.69) is 9.88 Å². The van der Waals surface area contributed by atoms with E-state index in [9.17, 15) is 8.42 Å². The molecule has 0 unspecified atom stereocenters. The van der Waals surface area contributed by atoms with Crippen molar-refractivity contribution in [2.24, 2.45) is 0 Å². The summed E-state index contributed by atoms with van der Waals surface area (Å²) >= 11 is 0. The molecule has 0 amide bonds. The van der Waals surface area contributed by atoms with Gasteiger partial charge in [-0.25, -0.2) is 13.4 Å². The lowest BCUT2D eigenvalue weighted by molar-refractivity contribution is 0.179. The fraction of sp³-hybridized carbons (Fsp3) is 0.348. The molecule has 1 saturated heterocycles. The number of piperazine rings is 1. The van der Waals surface area contributed by atoms with Crippen LogP contribution in [0.3, 0.4) is 0 Å². The van der Waals surface area contributed by atoms with E-state index in [1.807, 2.05) is 50.2 Å². The maximum absolute atomic E-state index is 13.0. The second-order valence-corrected chi connectivity index (χ2v) is 9.60. The van der Waals surface area contributed by atoms with Gasteiger partial charge in [0.15, 0.2) is 0 Å². The smallest absolute Gasteiger partial charge is 0.243 e. The largest absolute Gasteiger partial charge is 0.497 e. The molecule has 1 fully saturated rings. The van der Waals surface area contributed by atoms with Crippen LogP contribution in [0.1, 0.15) is 17.0 Å². The Morgan fingerprint density at radius 3 is 2.32 bits per heavy atom. The Bertz CT molecular complexity index is 1150. The number of hydrogen-bond donors (Lipinski definition) is 0. The summed E-state index contributed by atoms with van der Waals surface area (Å²) in [6.45, 7) is 6.58. The highest BCUT2D eigenvalue weighted by molar-refractivity contribution is 7.89. The van der Waals surface area contributed by atoms with Gasteiger partial charge in [0.25, 0.3) is 0 Å². The highest BCUT2D eigenvalue weighted by atomic mass is 32.2. The topological polar surface area (TPSA) is 75.9 Å². The van der Waals surface area contributed by atoms with Crippen LogP contribution >= 0.6 is 0 Å². The molecule has 0 atom stereocenters. The lowest BCUT2D eigenvalue weighted by Gasteiger charge is -2.33. The molecule has 8 heteroatoms. The fourth-order valence-corrected chi connectivity index (χ4v) is 5.40. The van der Waals surface area contributed by atoms with Gasteiger partial charge in [0.05, 0.1) is 17.7 Å². The maximum atomic E-state index is 13.0. The van der Waals surface area contributed by atoms with Crippen molar-refractivity contribution in [3.63, 3.8) is 0 Å². The molecule has 2 aromatic carbocycles. The lowest BCUT2D eigenvalue weighted by Crippen LogP contribution is -2.48. The second-order valence-electron chi connectivity index (χ2n) is 7.70. The molecule has 1 aliphatic heterocycles. The third-order valence-electron chi connectivity index (χ3n) is 5.65. The number of oxazole rings is 1. The molecule has 0 N–H and O–H groups in total. The summed E-state index contributed by atoms with van der Waals surface area (Å²) in [4.78, 5) is 7.28. The van der Waals surface area contributed by atoms with Crippen molar-refractivity contribution in [3.8, 4) is 17.2 Å². The summed E-state index contributed by atoms with van der Waals surface area (Å²) in [7, 11) is -1.84. The number of aromatic nitrogens is 1. The van der Waals surface area contributed by atoms with Crippen LogP contribution in [0.25, 0.3) is 11.5 Å². The van der Waals surface area contributed by atoms with E-state index in [-0.39, 0.29) is 0 Å². The first-order valence-electron chi connectivity index (χ1n) is 10.3.